The third kappa shape index (κ3) is 4.06. The molecule has 0 aliphatic carbocycles. The summed E-state index contributed by atoms with van der Waals surface area (Å²) < 4.78 is 0. The molecule has 0 radical (unpaired) electrons. The number of piperazine rings is 1. The second-order valence-corrected chi connectivity index (χ2v) is 5.87. The van der Waals surface area contributed by atoms with Gasteiger partial charge in [-0.05, 0) is 11.8 Å². The van der Waals surface area contributed by atoms with Gasteiger partial charge in [0.05, 0.1) is 0 Å². The molecule has 2 rings (SSSR count). The zero-order valence-electron chi connectivity index (χ0n) is 12.2. The van der Waals surface area contributed by atoms with Crippen molar-refractivity contribution in [2.75, 3.05) is 42.9 Å². The van der Waals surface area contributed by atoms with E-state index < -0.39 is 0 Å². The normalized spacial score (nSPS) is 16.5. The van der Waals surface area contributed by atoms with Crippen LogP contribution in [-0.2, 0) is 0 Å². The quantitative estimate of drug-likeness (QED) is 0.847. The topological polar surface area (TPSA) is 53.1 Å². The second-order valence-electron chi connectivity index (χ2n) is 5.87. The van der Waals surface area contributed by atoms with Crippen LogP contribution in [0.25, 0.3) is 0 Å². The average molecular weight is 263 g/mol. The van der Waals surface area contributed by atoms with Gasteiger partial charge in [0, 0.05) is 38.8 Å². The molecular formula is C14H25N5. The summed E-state index contributed by atoms with van der Waals surface area (Å²) in [6, 6.07) is 2.05. The van der Waals surface area contributed by atoms with Crippen LogP contribution in [0, 0.1) is 5.41 Å². The number of anilines is 2. The molecule has 0 saturated carbocycles. The Kier molecular flexibility index (Phi) is 4.58. The second kappa shape index (κ2) is 6.19. The monoisotopic (exact) mass is 263 g/mol. The van der Waals surface area contributed by atoms with Gasteiger partial charge in [-0.1, -0.05) is 20.8 Å². The summed E-state index contributed by atoms with van der Waals surface area (Å²) in [5.74, 6) is 1.94. The van der Waals surface area contributed by atoms with E-state index >= 15 is 0 Å². The van der Waals surface area contributed by atoms with Crippen molar-refractivity contribution in [3.8, 4) is 0 Å². The summed E-state index contributed by atoms with van der Waals surface area (Å²) in [6.45, 7) is 11.7. The fourth-order valence-electron chi connectivity index (χ4n) is 1.97. The molecule has 1 fully saturated rings. The Bertz CT molecular complexity index is 399. The lowest BCUT2D eigenvalue weighted by Gasteiger charge is -2.28. The Morgan fingerprint density at radius 2 is 2.05 bits per heavy atom. The maximum Gasteiger partial charge on any atom is 0.134 e. The molecule has 0 aromatic carbocycles. The van der Waals surface area contributed by atoms with Gasteiger partial charge in [-0.3, -0.25) is 0 Å². The summed E-state index contributed by atoms with van der Waals surface area (Å²) in [5.41, 5.74) is 0.292. The van der Waals surface area contributed by atoms with Crippen LogP contribution >= 0.6 is 0 Å². The van der Waals surface area contributed by atoms with Crippen molar-refractivity contribution in [1.82, 2.24) is 15.3 Å². The predicted molar refractivity (Wildman–Crippen MR) is 79.7 cm³/mol. The maximum atomic E-state index is 4.37. The van der Waals surface area contributed by atoms with Crippen LogP contribution in [0.15, 0.2) is 12.4 Å². The number of nitrogens with one attached hydrogen (secondary N) is 2. The molecule has 0 amide bonds. The molecule has 1 aliphatic heterocycles. The number of nitrogens with zero attached hydrogens (tertiary/aromatic N) is 3. The van der Waals surface area contributed by atoms with Crippen molar-refractivity contribution in [1.29, 1.82) is 0 Å². The Balaban J connectivity index is 1.98. The Morgan fingerprint density at radius 1 is 1.32 bits per heavy atom. The molecule has 19 heavy (non-hydrogen) atoms. The van der Waals surface area contributed by atoms with Crippen molar-refractivity contribution < 1.29 is 0 Å². The summed E-state index contributed by atoms with van der Waals surface area (Å²) in [7, 11) is 0. The molecule has 106 valence electrons. The summed E-state index contributed by atoms with van der Waals surface area (Å²) in [5, 5.41) is 6.77. The summed E-state index contributed by atoms with van der Waals surface area (Å²) in [4.78, 5) is 11.0. The van der Waals surface area contributed by atoms with Crippen molar-refractivity contribution in [3.05, 3.63) is 12.4 Å². The van der Waals surface area contributed by atoms with Gasteiger partial charge in [0.2, 0.25) is 0 Å². The molecule has 1 aromatic rings. The SMILES string of the molecule is CCC(C)(C)CNc1cc(N2CCNCC2)ncn1. The first-order chi connectivity index (χ1) is 9.11. The van der Waals surface area contributed by atoms with E-state index in [0.717, 1.165) is 50.8 Å². The molecule has 5 nitrogen and oxygen atoms in total. The van der Waals surface area contributed by atoms with Gasteiger partial charge in [-0.25, -0.2) is 9.97 Å². The van der Waals surface area contributed by atoms with E-state index in [1.165, 1.54) is 0 Å². The molecule has 0 bridgehead atoms. The van der Waals surface area contributed by atoms with Gasteiger partial charge < -0.3 is 15.5 Å². The van der Waals surface area contributed by atoms with Crippen LogP contribution in [0.4, 0.5) is 11.6 Å². The van der Waals surface area contributed by atoms with Crippen molar-refractivity contribution >= 4 is 11.6 Å². The van der Waals surface area contributed by atoms with Crippen molar-refractivity contribution in [3.63, 3.8) is 0 Å². The first-order valence-electron chi connectivity index (χ1n) is 7.12. The number of hydrogen-bond acceptors (Lipinski definition) is 5. The highest BCUT2D eigenvalue weighted by Crippen LogP contribution is 2.21. The largest absolute Gasteiger partial charge is 0.369 e. The molecule has 2 N–H and O–H groups in total. The van der Waals surface area contributed by atoms with Crippen LogP contribution in [0.2, 0.25) is 0 Å². The zero-order valence-corrected chi connectivity index (χ0v) is 12.2. The standard InChI is InChI=1S/C14H25N5/c1-4-14(2,3)10-16-12-9-13(18-11-17-12)19-7-5-15-6-8-19/h9,11,15H,4-8,10H2,1-3H3,(H,16,17,18). The maximum absolute atomic E-state index is 4.37. The van der Waals surface area contributed by atoms with Gasteiger partial charge in [0.25, 0.3) is 0 Å². The molecule has 0 unspecified atom stereocenters. The predicted octanol–water partition coefficient (Wildman–Crippen LogP) is 1.73. The van der Waals surface area contributed by atoms with E-state index in [0.29, 0.717) is 5.41 Å². The lowest BCUT2D eigenvalue weighted by molar-refractivity contribution is 0.376. The molecule has 0 spiro atoms. The van der Waals surface area contributed by atoms with Gasteiger partial charge in [0.15, 0.2) is 0 Å². The minimum atomic E-state index is 0.292. The number of hydrogen-bond donors (Lipinski definition) is 2. The molecule has 1 saturated heterocycles. The molecule has 1 aliphatic rings. The Hall–Kier alpha value is -1.36. The van der Waals surface area contributed by atoms with Gasteiger partial charge in [0.1, 0.15) is 18.0 Å². The van der Waals surface area contributed by atoms with Gasteiger partial charge in [-0.2, -0.15) is 0 Å². The highest BCUT2D eigenvalue weighted by Gasteiger charge is 2.16. The van der Waals surface area contributed by atoms with Crippen molar-refractivity contribution in [2.24, 2.45) is 5.41 Å². The third-order valence-electron chi connectivity index (χ3n) is 3.80. The molecule has 2 heterocycles. The Morgan fingerprint density at radius 3 is 2.74 bits per heavy atom. The molecule has 1 aromatic heterocycles. The van der Waals surface area contributed by atoms with Gasteiger partial charge in [-0.15, -0.1) is 0 Å². The lowest BCUT2D eigenvalue weighted by Crippen LogP contribution is -2.43. The van der Waals surface area contributed by atoms with Crippen LogP contribution in [0.1, 0.15) is 27.2 Å². The Labute approximate surface area is 115 Å². The van der Waals surface area contributed by atoms with E-state index in [4.69, 9.17) is 0 Å². The zero-order chi connectivity index (χ0) is 13.7. The molecule has 0 atom stereocenters. The average Bonchev–Trinajstić information content (AvgIpc) is 2.47. The lowest BCUT2D eigenvalue weighted by atomic mass is 9.90. The number of aromatic nitrogens is 2. The summed E-state index contributed by atoms with van der Waals surface area (Å²) >= 11 is 0. The first kappa shape index (κ1) is 14.1. The highest BCUT2D eigenvalue weighted by atomic mass is 15.2. The van der Waals surface area contributed by atoms with E-state index in [2.05, 4.69) is 52.3 Å². The molecular weight excluding hydrogens is 238 g/mol. The van der Waals surface area contributed by atoms with E-state index in [-0.39, 0.29) is 0 Å². The van der Waals surface area contributed by atoms with Gasteiger partial charge >= 0.3 is 0 Å². The van der Waals surface area contributed by atoms with Crippen LogP contribution in [0.5, 0.6) is 0 Å². The first-order valence-corrected chi connectivity index (χ1v) is 7.12. The van der Waals surface area contributed by atoms with E-state index in [1.54, 1.807) is 6.33 Å². The minimum Gasteiger partial charge on any atom is -0.369 e. The fourth-order valence-corrected chi connectivity index (χ4v) is 1.97. The van der Waals surface area contributed by atoms with E-state index in [1.807, 2.05) is 0 Å². The highest BCUT2D eigenvalue weighted by molar-refractivity contribution is 5.48. The number of rotatable bonds is 5. The van der Waals surface area contributed by atoms with Crippen LogP contribution < -0.4 is 15.5 Å². The van der Waals surface area contributed by atoms with Crippen molar-refractivity contribution in [2.45, 2.75) is 27.2 Å². The third-order valence-corrected chi connectivity index (χ3v) is 3.80. The minimum absolute atomic E-state index is 0.292. The van der Waals surface area contributed by atoms with Crippen LogP contribution in [-0.4, -0.2) is 42.7 Å². The summed E-state index contributed by atoms with van der Waals surface area (Å²) in [6.07, 6.45) is 2.80. The fraction of sp³-hybridized carbons (Fsp3) is 0.714. The molecule has 5 heteroatoms. The van der Waals surface area contributed by atoms with E-state index in [9.17, 15) is 0 Å². The van der Waals surface area contributed by atoms with Crippen LogP contribution in [0.3, 0.4) is 0 Å². The smallest absolute Gasteiger partial charge is 0.134 e.